The summed E-state index contributed by atoms with van der Waals surface area (Å²) in [6.07, 6.45) is 3.99. The number of nitrogen functional groups attached to an aromatic ring is 1. The van der Waals surface area contributed by atoms with Gasteiger partial charge in [0.05, 0.1) is 0 Å². The van der Waals surface area contributed by atoms with Gasteiger partial charge in [0.25, 0.3) is 0 Å². The van der Waals surface area contributed by atoms with E-state index >= 15 is 0 Å². The lowest BCUT2D eigenvalue weighted by molar-refractivity contribution is 0.283. The van der Waals surface area contributed by atoms with Crippen molar-refractivity contribution in [3.63, 3.8) is 0 Å². The van der Waals surface area contributed by atoms with E-state index in [1.807, 2.05) is 6.07 Å². The Morgan fingerprint density at radius 2 is 2.40 bits per heavy atom. The molecule has 2 nitrogen and oxygen atoms in total. The molecule has 1 aliphatic carbocycles. The second-order valence-electron chi connectivity index (χ2n) is 5.11. The topological polar surface area (TPSA) is 38.0 Å². The van der Waals surface area contributed by atoms with E-state index in [9.17, 15) is 0 Å². The van der Waals surface area contributed by atoms with E-state index in [1.165, 1.54) is 24.1 Å². The molecule has 84 valence electrons. The van der Waals surface area contributed by atoms with Crippen LogP contribution in [0, 0.1) is 5.41 Å². The molecule has 1 heterocycles. The third-order valence-corrected chi connectivity index (χ3v) is 4.48. The van der Waals surface area contributed by atoms with E-state index in [1.54, 1.807) is 11.3 Å². The summed E-state index contributed by atoms with van der Waals surface area (Å²) in [5.41, 5.74) is 7.25. The first kappa shape index (κ1) is 11.0. The minimum atomic E-state index is 0.450. The first-order chi connectivity index (χ1) is 7.09. The van der Waals surface area contributed by atoms with Gasteiger partial charge >= 0.3 is 0 Å². The smallest absolute Gasteiger partial charge is 0.0468 e. The first-order valence-corrected chi connectivity index (χ1v) is 6.53. The highest BCUT2D eigenvalue weighted by atomic mass is 32.1. The molecule has 1 saturated carbocycles. The van der Waals surface area contributed by atoms with E-state index in [0.717, 1.165) is 12.2 Å². The van der Waals surface area contributed by atoms with Gasteiger partial charge in [-0.3, -0.25) is 0 Å². The second-order valence-corrected chi connectivity index (χ2v) is 6.11. The average Bonchev–Trinajstić information content (AvgIpc) is 2.69. The number of nitrogens with two attached hydrogens (primary N) is 1. The van der Waals surface area contributed by atoms with Crippen LogP contribution in [-0.4, -0.2) is 6.04 Å². The lowest BCUT2D eigenvalue weighted by atomic mass is 9.87. The molecule has 1 unspecified atom stereocenters. The van der Waals surface area contributed by atoms with Crippen LogP contribution in [0.3, 0.4) is 0 Å². The van der Waals surface area contributed by atoms with Crippen LogP contribution >= 0.6 is 11.3 Å². The molecule has 3 heteroatoms. The van der Waals surface area contributed by atoms with Crippen molar-refractivity contribution in [2.24, 2.45) is 5.41 Å². The van der Waals surface area contributed by atoms with Crippen molar-refractivity contribution in [3.05, 3.63) is 16.3 Å². The highest BCUT2D eigenvalue weighted by Crippen LogP contribution is 2.37. The van der Waals surface area contributed by atoms with E-state index in [4.69, 9.17) is 5.73 Å². The third-order valence-electron chi connectivity index (χ3n) is 3.55. The second kappa shape index (κ2) is 4.14. The van der Waals surface area contributed by atoms with Gasteiger partial charge in [0.2, 0.25) is 0 Å². The predicted molar refractivity (Wildman–Crippen MR) is 67.0 cm³/mol. The van der Waals surface area contributed by atoms with E-state index in [-0.39, 0.29) is 0 Å². The maximum absolute atomic E-state index is 5.86. The summed E-state index contributed by atoms with van der Waals surface area (Å²) in [5.74, 6) is 0. The predicted octanol–water partition coefficient (Wildman–Crippen LogP) is 3.00. The zero-order valence-corrected chi connectivity index (χ0v) is 10.4. The molecule has 0 bridgehead atoms. The zero-order chi connectivity index (χ0) is 10.9. The number of anilines is 1. The Labute approximate surface area is 95.9 Å². The molecular weight excluding hydrogens is 204 g/mol. The summed E-state index contributed by atoms with van der Waals surface area (Å²) in [4.78, 5) is 1.28. The van der Waals surface area contributed by atoms with Crippen LogP contribution < -0.4 is 11.1 Å². The molecule has 1 aromatic heterocycles. The lowest BCUT2D eigenvalue weighted by Gasteiger charge is -2.27. The van der Waals surface area contributed by atoms with Gasteiger partial charge in [0.1, 0.15) is 0 Å². The summed E-state index contributed by atoms with van der Waals surface area (Å²) in [6, 6.07) is 2.64. The van der Waals surface area contributed by atoms with Gasteiger partial charge in [-0.25, -0.2) is 0 Å². The number of nitrogens with one attached hydrogen (secondary N) is 1. The normalized spacial score (nSPS) is 24.5. The van der Waals surface area contributed by atoms with Crippen molar-refractivity contribution in [1.29, 1.82) is 0 Å². The molecule has 15 heavy (non-hydrogen) atoms. The van der Waals surface area contributed by atoms with Crippen LogP contribution in [-0.2, 0) is 6.54 Å². The molecular formula is C12H20N2S. The monoisotopic (exact) mass is 224 g/mol. The fourth-order valence-electron chi connectivity index (χ4n) is 2.42. The first-order valence-electron chi connectivity index (χ1n) is 5.65. The van der Waals surface area contributed by atoms with Gasteiger partial charge in [0, 0.05) is 23.2 Å². The summed E-state index contributed by atoms with van der Waals surface area (Å²) in [5, 5.41) is 5.71. The Morgan fingerprint density at radius 3 is 2.93 bits per heavy atom. The minimum absolute atomic E-state index is 0.450. The molecule has 0 amide bonds. The molecule has 0 spiro atoms. The maximum Gasteiger partial charge on any atom is 0.0468 e. The van der Waals surface area contributed by atoms with Crippen molar-refractivity contribution < 1.29 is 0 Å². The molecule has 1 atom stereocenters. The van der Waals surface area contributed by atoms with Crippen molar-refractivity contribution in [3.8, 4) is 0 Å². The van der Waals surface area contributed by atoms with Gasteiger partial charge in [-0.05, 0) is 29.7 Å². The van der Waals surface area contributed by atoms with Gasteiger partial charge < -0.3 is 11.1 Å². The van der Waals surface area contributed by atoms with Gasteiger partial charge in [-0.1, -0.05) is 20.3 Å². The van der Waals surface area contributed by atoms with Gasteiger partial charge in [-0.2, -0.15) is 0 Å². The van der Waals surface area contributed by atoms with Crippen LogP contribution in [0.1, 0.15) is 38.0 Å². The van der Waals surface area contributed by atoms with Crippen molar-refractivity contribution in [1.82, 2.24) is 5.32 Å². The van der Waals surface area contributed by atoms with Crippen molar-refractivity contribution in [2.75, 3.05) is 5.73 Å². The zero-order valence-electron chi connectivity index (χ0n) is 9.55. The summed E-state index contributed by atoms with van der Waals surface area (Å²) in [6.45, 7) is 5.64. The SMILES string of the molecule is CC1(C)CCCC1NCc1sccc1N. The Bertz CT molecular complexity index is 330. The summed E-state index contributed by atoms with van der Waals surface area (Å²) >= 11 is 1.75. The van der Waals surface area contributed by atoms with Gasteiger partial charge in [0.15, 0.2) is 0 Å². The fraction of sp³-hybridized carbons (Fsp3) is 0.667. The molecule has 0 aromatic carbocycles. The number of hydrogen-bond acceptors (Lipinski definition) is 3. The van der Waals surface area contributed by atoms with Crippen LogP contribution in [0.2, 0.25) is 0 Å². The summed E-state index contributed by atoms with van der Waals surface area (Å²) in [7, 11) is 0. The van der Waals surface area contributed by atoms with Crippen LogP contribution in [0.4, 0.5) is 5.69 Å². The van der Waals surface area contributed by atoms with E-state index in [0.29, 0.717) is 11.5 Å². The molecule has 1 fully saturated rings. The standard InChI is InChI=1S/C12H20N2S/c1-12(2)6-3-4-11(12)14-8-10-9(13)5-7-15-10/h5,7,11,14H,3-4,6,8,13H2,1-2H3. The molecule has 0 saturated heterocycles. The van der Waals surface area contributed by atoms with Gasteiger partial charge in [-0.15, -0.1) is 11.3 Å². The molecule has 1 aliphatic rings. The quantitative estimate of drug-likeness (QED) is 0.828. The van der Waals surface area contributed by atoms with Crippen LogP contribution in [0.5, 0.6) is 0 Å². The largest absolute Gasteiger partial charge is 0.398 e. The van der Waals surface area contributed by atoms with E-state index in [2.05, 4.69) is 24.5 Å². The Balaban J connectivity index is 1.91. The van der Waals surface area contributed by atoms with Crippen LogP contribution in [0.25, 0.3) is 0 Å². The average molecular weight is 224 g/mol. The third kappa shape index (κ3) is 2.34. The fourth-order valence-corrected chi connectivity index (χ4v) is 3.16. The van der Waals surface area contributed by atoms with Crippen molar-refractivity contribution in [2.45, 2.75) is 45.7 Å². The molecule has 0 radical (unpaired) electrons. The lowest BCUT2D eigenvalue weighted by Crippen LogP contribution is -2.37. The number of thiophene rings is 1. The maximum atomic E-state index is 5.86. The van der Waals surface area contributed by atoms with E-state index < -0.39 is 0 Å². The Hall–Kier alpha value is -0.540. The minimum Gasteiger partial charge on any atom is -0.398 e. The Kier molecular flexibility index (Phi) is 3.03. The van der Waals surface area contributed by atoms with Crippen LogP contribution in [0.15, 0.2) is 11.4 Å². The molecule has 0 aliphatic heterocycles. The molecule has 3 N–H and O–H groups in total. The Morgan fingerprint density at radius 1 is 1.60 bits per heavy atom. The summed E-state index contributed by atoms with van der Waals surface area (Å²) < 4.78 is 0. The highest BCUT2D eigenvalue weighted by molar-refractivity contribution is 7.10. The number of rotatable bonds is 3. The van der Waals surface area contributed by atoms with Crippen molar-refractivity contribution >= 4 is 17.0 Å². The molecule has 2 rings (SSSR count). The number of hydrogen-bond donors (Lipinski definition) is 2. The molecule has 1 aromatic rings. The highest BCUT2D eigenvalue weighted by Gasteiger charge is 2.33.